The molecule has 0 unspecified atom stereocenters. The lowest BCUT2D eigenvalue weighted by molar-refractivity contribution is -0.224. The molecule has 0 aromatic carbocycles. The van der Waals surface area contributed by atoms with Gasteiger partial charge in [0.25, 0.3) is 0 Å². The lowest BCUT2D eigenvalue weighted by Crippen LogP contribution is -2.66. The maximum atomic E-state index is 14.9. The Morgan fingerprint density at radius 3 is 2.07 bits per heavy atom. The minimum Gasteiger partial charge on any atom is -0.465 e. The number of carbonyl (C=O) groups excluding carboxylic acids is 6. The summed E-state index contributed by atoms with van der Waals surface area (Å²) in [6.07, 6.45) is -0.779. The topological polar surface area (TPSA) is 169 Å². The Labute approximate surface area is 257 Å². The molecule has 12 heteroatoms. The van der Waals surface area contributed by atoms with E-state index in [1.54, 1.807) is 26.8 Å². The van der Waals surface area contributed by atoms with E-state index < -0.39 is 101 Å². The molecule has 0 amide bonds. The molecule has 0 aromatic heterocycles. The van der Waals surface area contributed by atoms with Crippen molar-refractivity contribution in [2.75, 3.05) is 6.61 Å². The van der Waals surface area contributed by atoms with Gasteiger partial charge >= 0.3 is 29.8 Å². The van der Waals surface area contributed by atoms with E-state index in [1.165, 1.54) is 19.9 Å². The second-order valence-electron chi connectivity index (χ2n) is 12.6. The molecule has 10 atom stereocenters. The highest BCUT2D eigenvalue weighted by Gasteiger charge is 2.78. The summed E-state index contributed by atoms with van der Waals surface area (Å²) < 4.78 is 29.3. The van der Waals surface area contributed by atoms with Gasteiger partial charge in [-0.2, -0.15) is 0 Å². The number of aliphatic hydroxyl groups is 1. The number of esters is 5. The van der Waals surface area contributed by atoms with Crippen LogP contribution in [-0.4, -0.2) is 76.9 Å². The quantitative estimate of drug-likeness (QED) is 0.228. The molecule has 3 aliphatic carbocycles. The first-order valence-corrected chi connectivity index (χ1v) is 14.8. The molecule has 2 saturated carbocycles. The van der Waals surface area contributed by atoms with Gasteiger partial charge in [0.05, 0.1) is 11.3 Å². The maximum Gasteiger partial charge on any atom is 0.306 e. The molecule has 0 aliphatic heterocycles. The van der Waals surface area contributed by atoms with E-state index >= 15 is 0 Å². The number of ketones is 1. The molecule has 12 nitrogen and oxygen atoms in total. The second-order valence-corrected chi connectivity index (χ2v) is 12.6. The van der Waals surface area contributed by atoms with Crippen molar-refractivity contribution in [1.29, 1.82) is 0 Å². The van der Waals surface area contributed by atoms with Crippen LogP contribution in [0.25, 0.3) is 0 Å². The average Bonchev–Trinajstić information content (AvgIpc) is 3.13. The predicted octanol–water partition coefficient (Wildman–Crippen LogP) is 2.78. The minimum atomic E-state index is -2.39. The van der Waals surface area contributed by atoms with Gasteiger partial charge in [-0.05, 0) is 32.3 Å². The molecule has 3 aliphatic rings. The van der Waals surface area contributed by atoms with Crippen LogP contribution in [0.15, 0.2) is 24.3 Å². The molecule has 44 heavy (non-hydrogen) atoms. The van der Waals surface area contributed by atoms with Crippen LogP contribution in [0.2, 0.25) is 0 Å². The van der Waals surface area contributed by atoms with Crippen molar-refractivity contribution < 1.29 is 57.6 Å². The Morgan fingerprint density at radius 1 is 0.955 bits per heavy atom. The van der Waals surface area contributed by atoms with Gasteiger partial charge < -0.3 is 28.8 Å². The molecule has 0 heterocycles. The zero-order chi connectivity index (χ0) is 33.4. The van der Waals surface area contributed by atoms with Crippen LogP contribution in [0.4, 0.5) is 0 Å². The van der Waals surface area contributed by atoms with Crippen LogP contribution >= 0.6 is 0 Å². The number of hydrogen-bond donors (Lipinski definition) is 1. The van der Waals surface area contributed by atoms with Gasteiger partial charge in [0, 0.05) is 52.4 Å². The number of allylic oxidation sites excluding steroid dienone is 2. The molecule has 0 radical (unpaired) electrons. The van der Waals surface area contributed by atoms with Gasteiger partial charge in [-0.25, -0.2) is 0 Å². The first-order chi connectivity index (χ1) is 20.4. The van der Waals surface area contributed by atoms with E-state index in [2.05, 4.69) is 6.58 Å². The lowest BCUT2D eigenvalue weighted by Gasteiger charge is -2.55. The predicted molar refractivity (Wildman–Crippen MR) is 153 cm³/mol. The molecular formula is C32H44O12. The molecule has 244 valence electrons. The Hall–Kier alpha value is -3.54. The fourth-order valence-corrected chi connectivity index (χ4v) is 7.79. The molecular weight excluding hydrogens is 576 g/mol. The van der Waals surface area contributed by atoms with E-state index in [-0.39, 0.29) is 12.8 Å². The number of hydrogen-bond acceptors (Lipinski definition) is 12. The first-order valence-electron chi connectivity index (χ1n) is 14.8. The fraction of sp³-hybridized carbons (Fsp3) is 0.688. The minimum absolute atomic E-state index is 0.0613. The summed E-state index contributed by atoms with van der Waals surface area (Å²) in [7, 11) is 0. The highest BCUT2D eigenvalue weighted by Crippen LogP contribution is 2.63. The third-order valence-corrected chi connectivity index (χ3v) is 9.07. The van der Waals surface area contributed by atoms with E-state index in [9.17, 15) is 33.9 Å². The molecule has 0 aromatic rings. The van der Waals surface area contributed by atoms with Crippen molar-refractivity contribution in [3.05, 3.63) is 24.3 Å². The van der Waals surface area contributed by atoms with Crippen LogP contribution < -0.4 is 0 Å². The standard InChI is InChI=1S/C32H44O12/c1-10-11-24(37)43-28-25-26(42-20(7)35)17(4)14-32(25,44-21(8)36)29(38)30(9,39)27-22(16(2)3)12-13-23(41-19(6)34)31(27,28)15-40-18(5)33/h12-13,17,22-23,25-28,39H,2,10-11,14-15H2,1,3-9H3/t17-,22+,23+,25+,26-,27-,28+,30-,31+,32+/m0/s1. The monoisotopic (exact) mass is 620 g/mol. The number of fused-ring (bicyclic) bond motifs is 2. The highest BCUT2D eigenvalue weighted by molar-refractivity contribution is 5.98. The van der Waals surface area contributed by atoms with Crippen molar-refractivity contribution in [2.24, 2.45) is 29.1 Å². The highest BCUT2D eigenvalue weighted by atomic mass is 16.6. The summed E-state index contributed by atoms with van der Waals surface area (Å²) in [5.74, 6) is -8.84. The van der Waals surface area contributed by atoms with E-state index in [1.807, 2.05) is 0 Å². The van der Waals surface area contributed by atoms with Gasteiger partial charge in [-0.15, -0.1) is 0 Å². The fourth-order valence-electron chi connectivity index (χ4n) is 7.79. The zero-order valence-electron chi connectivity index (χ0n) is 26.7. The number of carbonyl (C=O) groups is 6. The summed E-state index contributed by atoms with van der Waals surface area (Å²) >= 11 is 0. The summed E-state index contributed by atoms with van der Waals surface area (Å²) in [5.41, 5.74) is -5.93. The summed E-state index contributed by atoms with van der Waals surface area (Å²) in [6.45, 7) is 14.4. The van der Waals surface area contributed by atoms with Crippen LogP contribution in [0.3, 0.4) is 0 Å². The van der Waals surface area contributed by atoms with Gasteiger partial charge in [0.1, 0.15) is 30.5 Å². The number of ether oxygens (including phenoxy) is 5. The van der Waals surface area contributed by atoms with Crippen LogP contribution in [0, 0.1) is 29.1 Å². The van der Waals surface area contributed by atoms with Crippen molar-refractivity contribution in [2.45, 2.75) is 104 Å². The van der Waals surface area contributed by atoms with Crippen molar-refractivity contribution in [3.8, 4) is 0 Å². The molecule has 1 N–H and O–H groups in total. The summed E-state index contributed by atoms with van der Waals surface area (Å²) in [5, 5.41) is 12.5. The third kappa shape index (κ3) is 6.05. The SMILES string of the molecule is C=C(C)[C@H]1C=C[C@@H](OC(C)=O)[C@@]2(COC(C)=O)[C@H](OC(=O)CCC)[C@H]3[C@@H](OC(C)=O)[C@@H](C)C[C@]3(OC(C)=O)C(=O)[C@@](C)(O)[C@H]12. The summed E-state index contributed by atoms with van der Waals surface area (Å²) in [4.78, 5) is 78.5. The molecule has 0 saturated heterocycles. The number of rotatable bonds is 9. The Balaban J connectivity index is 2.60. The molecule has 2 fully saturated rings. The second kappa shape index (κ2) is 12.8. The van der Waals surface area contributed by atoms with Gasteiger partial charge in [-0.3, -0.25) is 28.8 Å². The summed E-state index contributed by atoms with van der Waals surface area (Å²) in [6, 6.07) is 0. The van der Waals surface area contributed by atoms with Crippen molar-refractivity contribution in [1.82, 2.24) is 0 Å². The van der Waals surface area contributed by atoms with Crippen LogP contribution in [0.5, 0.6) is 0 Å². The normalized spacial score (nSPS) is 37.5. The Bertz CT molecular complexity index is 1250. The largest absolute Gasteiger partial charge is 0.465 e. The van der Waals surface area contributed by atoms with Gasteiger partial charge in [0.15, 0.2) is 5.60 Å². The number of Topliss-reactive ketones (excluding diaryl/α,β-unsaturated/α-hetero) is 1. The third-order valence-electron chi connectivity index (χ3n) is 9.07. The van der Waals surface area contributed by atoms with Crippen molar-refractivity contribution >= 4 is 35.6 Å². The Morgan fingerprint density at radius 2 is 1.57 bits per heavy atom. The smallest absolute Gasteiger partial charge is 0.306 e. The first kappa shape index (κ1) is 34.9. The van der Waals surface area contributed by atoms with Gasteiger partial charge in [0.2, 0.25) is 5.78 Å². The maximum absolute atomic E-state index is 14.9. The molecule has 3 rings (SSSR count). The molecule has 0 bridgehead atoms. The van der Waals surface area contributed by atoms with E-state index in [4.69, 9.17) is 23.7 Å². The van der Waals surface area contributed by atoms with Gasteiger partial charge in [-0.1, -0.05) is 32.1 Å². The lowest BCUT2D eigenvalue weighted by atomic mass is 9.53. The van der Waals surface area contributed by atoms with E-state index in [0.717, 1.165) is 20.8 Å². The molecule has 0 spiro atoms. The van der Waals surface area contributed by atoms with E-state index in [0.29, 0.717) is 12.0 Å². The van der Waals surface area contributed by atoms with Crippen LogP contribution in [0.1, 0.15) is 74.7 Å². The zero-order valence-corrected chi connectivity index (χ0v) is 26.7. The van der Waals surface area contributed by atoms with Crippen molar-refractivity contribution in [3.63, 3.8) is 0 Å². The Kier molecular flexibility index (Phi) is 10.2. The average molecular weight is 621 g/mol. The van der Waals surface area contributed by atoms with Crippen LogP contribution in [-0.2, 0) is 52.5 Å².